The van der Waals surface area contributed by atoms with Crippen LogP contribution in [0.25, 0.3) is 0 Å². The van der Waals surface area contributed by atoms with Crippen LogP contribution in [-0.2, 0) is 17.8 Å². The van der Waals surface area contributed by atoms with Gasteiger partial charge in [0.1, 0.15) is 5.75 Å². The number of ether oxygens (including phenoxy) is 1. The number of nitrogens with one attached hydrogen (secondary N) is 1. The number of halogens is 1. The molecular weight excluding hydrogens is 396 g/mol. The number of amides is 2. The lowest BCUT2D eigenvalue weighted by Crippen LogP contribution is -2.35. The molecule has 0 saturated heterocycles. The molecule has 0 aromatic heterocycles. The summed E-state index contributed by atoms with van der Waals surface area (Å²) in [4.78, 5) is 26.5. The van der Waals surface area contributed by atoms with Crippen molar-refractivity contribution in [1.29, 1.82) is 0 Å². The molecule has 6 heteroatoms. The van der Waals surface area contributed by atoms with Crippen molar-refractivity contribution < 1.29 is 14.3 Å². The Labute approximate surface area is 161 Å². The van der Waals surface area contributed by atoms with Crippen LogP contribution < -0.4 is 10.1 Å². The number of methoxy groups -OCH3 is 1. The van der Waals surface area contributed by atoms with Crippen LogP contribution in [0.1, 0.15) is 34.8 Å². The molecule has 1 aliphatic heterocycles. The molecule has 0 saturated carbocycles. The van der Waals surface area contributed by atoms with Crippen LogP contribution >= 0.6 is 15.9 Å². The van der Waals surface area contributed by atoms with Gasteiger partial charge >= 0.3 is 0 Å². The molecule has 2 aromatic rings. The van der Waals surface area contributed by atoms with Crippen molar-refractivity contribution in [2.45, 2.75) is 26.3 Å². The zero-order valence-electron chi connectivity index (χ0n) is 14.8. The number of nitrogens with zero attached hydrogens (tertiary/aromatic N) is 1. The first kappa shape index (κ1) is 18.5. The van der Waals surface area contributed by atoms with E-state index in [4.69, 9.17) is 4.74 Å². The number of hydrogen-bond acceptors (Lipinski definition) is 3. The highest BCUT2D eigenvalue weighted by Gasteiger charge is 2.20. The highest BCUT2D eigenvalue weighted by molar-refractivity contribution is 9.10. The van der Waals surface area contributed by atoms with Gasteiger partial charge in [-0.25, -0.2) is 0 Å². The Hall–Kier alpha value is -2.34. The third-order valence-electron chi connectivity index (χ3n) is 4.55. The standard InChI is InChI=1S/C20H21BrN2O3/c1-3-19(24)23-9-8-13-4-5-15(10-14(13)12-23)22-20(25)17-11-16(26-2)6-7-18(17)21/h4-7,10-11H,3,8-9,12H2,1-2H3,(H,22,25). The van der Waals surface area contributed by atoms with Crippen molar-refractivity contribution in [3.63, 3.8) is 0 Å². The van der Waals surface area contributed by atoms with Crippen LogP contribution in [0.3, 0.4) is 0 Å². The number of anilines is 1. The molecule has 1 N–H and O–H groups in total. The summed E-state index contributed by atoms with van der Waals surface area (Å²) in [6.07, 6.45) is 1.35. The zero-order chi connectivity index (χ0) is 18.7. The molecular formula is C20H21BrN2O3. The summed E-state index contributed by atoms with van der Waals surface area (Å²) in [5, 5.41) is 2.93. The Morgan fingerprint density at radius 2 is 2.00 bits per heavy atom. The van der Waals surface area contributed by atoms with Crippen LogP contribution in [-0.4, -0.2) is 30.4 Å². The Balaban J connectivity index is 1.79. The van der Waals surface area contributed by atoms with E-state index < -0.39 is 0 Å². The second-order valence-corrected chi connectivity index (χ2v) is 7.06. The molecule has 5 nitrogen and oxygen atoms in total. The maximum absolute atomic E-state index is 12.6. The number of carbonyl (C=O) groups excluding carboxylic acids is 2. The van der Waals surface area contributed by atoms with Gasteiger partial charge in [-0.2, -0.15) is 0 Å². The van der Waals surface area contributed by atoms with Gasteiger partial charge in [0.05, 0.1) is 12.7 Å². The molecule has 2 aromatic carbocycles. The van der Waals surface area contributed by atoms with E-state index in [9.17, 15) is 9.59 Å². The minimum absolute atomic E-state index is 0.158. The van der Waals surface area contributed by atoms with Crippen LogP contribution in [0, 0.1) is 0 Å². The first-order valence-corrected chi connectivity index (χ1v) is 9.35. The molecule has 0 spiro atoms. The molecule has 0 atom stereocenters. The second kappa shape index (κ2) is 7.91. The van der Waals surface area contributed by atoms with E-state index in [1.807, 2.05) is 30.0 Å². The van der Waals surface area contributed by atoms with E-state index in [2.05, 4.69) is 21.2 Å². The SMILES string of the molecule is CCC(=O)N1CCc2ccc(NC(=O)c3cc(OC)ccc3Br)cc2C1. The Morgan fingerprint density at radius 3 is 2.73 bits per heavy atom. The number of hydrogen-bond donors (Lipinski definition) is 1. The van der Waals surface area contributed by atoms with Crippen molar-refractivity contribution in [2.75, 3.05) is 19.0 Å². The maximum atomic E-state index is 12.6. The fourth-order valence-electron chi connectivity index (χ4n) is 3.08. The van der Waals surface area contributed by atoms with Gasteiger partial charge in [0.25, 0.3) is 5.91 Å². The monoisotopic (exact) mass is 416 g/mol. The molecule has 26 heavy (non-hydrogen) atoms. The third kappa shape index (κ3) is 3.90. The third-order valence-corrected chi connectivity index (χ3v) is 5.24. The fourth-order valence-corrected chi connectivity index (χ4v) is 3.50. The van der Waals surface area contributed by atoms with E-state index in [-0.39, 0.29) is 11.8 Å². The average molecular weight is 417 g/mol. The summed E-state index contributed by atoms with van der Waals surface area (Å²) < 4.78 is 5.89. The van der Waals surface area contributed by atoms with Crippen molar-refractivity contribution in [2.24, 2.45) is 0 Å². The van der Waals surface area contributed by atoms with Gasteiger partial charge in [-0.05, 0) is 63.8 Å². The fraction of sp³-hybridized carbons (Fsp3) is 0.300. The summed E-state index contributed by atoms with van der Waals surface area (Å²) >= 11 is 3.40. The Kier molecular flexibility index (Phi) is 5.61. The smallest absolute Gasteiger partial charge is 0.256 e. The summed E-state index contributed by atoms with van der Waals surface area (Å²) in [7, 11) is 1.57. The molecule has 2 amide bonds. The van der Waals surface area contributed by atoms with Crippen LogP contribution in [0.5, 0.6) is 5.75 Å². The normalized spacial score (nSPS) is 13.1. The molecule has 0 aliphatic carbocycles. The Morgan fingerprint density at radius 1 is 1.19 bits per heavy atom. The van der Waals surface area contributed by atoms with Gasteiger partial charge in [-0.1, -0.05) is 13.0 Å². The largest absolute Gasteiger partial charge is 0.497 e. The maximum Gasteiger partial charge on any atom is 0.256 e. The molecule has 0 unspecified atom stereocenters. The highest BCUT2D eigenvalue weighted by Crippen LogP contribution is 2.26. The molecule has 0 radical (unpaired) electrons. The van der Waals surface area contributed by atoms with E-state index in [0.29, 0.717) is 34.4 Å². The molecule has 0 fully saturated rings. The van der Waals surface area contributed by atoms with E-state index in [1.165, 1.54) is 5.56 Å². The summed E-state index contributed by atoms with van der Waals surface area (Å²) in [5.41, 5.74) is 3.53. The summed E-state index contributed by atoms with van der Waals surface area (Å²) in [5.74, 6) is 0.566. The van der Waals surface area contributed by atoms with Gasteiger partial charge in [0.2, 0.25) is 5.91 Å². The van der Waals surface area contributed by atoms with Crippen molar-refractivity contribution in [3.05, 3.63) is 57.6 Å². The number of benzene rings is 2. The molecule has 0 bridgehead atoms. The predicted octanol–water partition coefficient (Wildman–Crippen LogP) is 4.00. The second-order valence-electron chi connectivity index (χ2n) is 6.20. The lowest BCUT2D eigenvalue weighted by atomic mass is 9.98. The van der Waals surface area contributed by atoms with Crippen molar-refractivity contribution in [3.8, 4) is 5.75 Å². The van der Waals surface area contributed by atoms with Crippen LogP contribution in [0.2, 0.25) is 0 Å². The minimum atomic E-state index is -0.215. The average Bonchev–Trinajstić information content (AvgIpc) is 2.67. The van der Waals surface area contributed by atoms with Gasteiger partial charge in [0, 0.05) is 29.7 Å². The van der Waals surface area contributed by atoms with Gasteiger partial charge in [0.15, 0.2) is 0 Å². The minimum Gasteiger partial charge on any atom is -0.497 e. The van der Waals surface area contributed by atoms with Crippen molar-refractivity contribution >= 4 is 33.4 Å². The number of rotatable bonds is 4. The molecule has 1 heterocycles. The number of carbonyl (C=O) groups is 2. The van der Waals surface area contributed by atoms with E-state index in [1.54, 1.807) is 25.3 Å². The summed E-state index contributed by atoms with van der Waals surface area (Å²) in [6.45, 7) is 3.22. The van der Waals surface area contributed by atoms with E-state index >= 15 is 0 Å². The first-order chi connectivity index (χ1) is 12.5. The molecule has 1 aliphatic rings. The lowest BCUT2D eigenvalue weighted by Gasteiger charge is -2.29. The first-order valence-electron chi connectivity index (χ1n) is 8.56. The predicted molar refractivity (Wildman–Crippen MR) is 105 cm³/mol. The van der Waals surface area contributed by atoms with E-state index in [0.717, 1.165) is 18.5 Å². The highest BCUT2D eigenvalue weighted by atomic mass is 79.9. The lowest BCUT2D eigenvalue weighted by molar-refractivity contribution is -0.131. The van der Waals surface area contributed by atoms with Crippen LogP contribution in [0.15, 0.2) is 40.9 Å². The van der Waals surface area contributed by atoms with Gasteiger partial charge in [-0.15, -0.1) is 0 Å². The van der Waals surface area contributed by atoms with Crippen LogP contribution in [0.4, 0.5) is 5.69 Å². The topological polar surface area (TPSA) is 58.6 Å². The molecule has 3 rings (SSSR count). The Bertz CT molecular complexity index is 851. The zero-order valence-corrected chi connectivity index (χ0v) is 16.4. The van der Waals surface area contributed by atoms with Crippen molar-refractivity contribution in [1.82, 2.24) is 4.90 Å². The molecule has 136 valence electrons. The van der Waals surface area contributed by atoms with Gasteiger partial charge < -0.3 is 15.0 Å². The number of fused-ring (bicyclic) bond motifs is 1. The van der Waals surface area contributed by atoms with Gasteiger partial charge in [-0.3, -0.25) is 9.59 Å². The quantitative estimate of drug-likeness (QED) is 0.818. The summed E-state index contributed by atoms with van der Waals surface area (Å²) in [6, 6.07) is 11.2.